The van der Waals surface area contributed by atoms with Gasteiger partial charge >= 0.3 is 0 Å². The van der Waals surface area contributed by atoms with E-state index in [-0.39, 0.29) is 0 Å². The van der Waals surface area contributed by atoms with Crippen molar-refractivity contribution >= 4 is 11.5 Å². The molecule has 4 rings (SSSR count). The molecule has 0 bridgehead atoms. The summed E-state index contributed by atoms with van der Waals surface area (Å²) in [7, 11) is 0. The van der Waals surface area contributed by atoms with E-state index in [1.54, 1.807) is 0 Å². The third kappa shape index (κ3) is 2.33. The van der Waals surface area contributed by atoms with Gasteiger partial charge in [0.2, 0.25) is 0 Å². The molecule has 0 radical (unpaired) electrons. The summed E-state index contributed by atoms with van der Waals surface area (Å²) < 4.78 is 7.27. The molecule has 1 aliphatic heterocycles. The molecular formula is C15H18N6O. The molecule has 1 saturated heterocycles. The van der Waals surface area contributed by atoms with E-state index in [0.29, 0.717) is 0 Å². The summed E-state index contributed by atoms with van der Waals surface area (Å²) in [4.78, 5) is 17.9. The van der Waals surface area contributed by atoms with Gasteiger partial charge in [0, 0.05) is 57.5 Å². The van der Waals surface area contributed by atoms with Crippen LogP contribution in [0.3, 0.4) is 0 Å². The van der Waals surface area contributed by atoms with E-state index in [0.717, 1.165) is 55.6 Å². The molecule has 0 unspecified atom stereocenters. The van der Waals surface area contributed by atoms with Gasteiger partial charge in [-0.3, -0.25) is 4.90 Å². The first kappa shape index (κ1) is 13.3. The van der Waals surface area contributed by atoms with E-state index in [1.165, 1.54) is 6.39 Å². The molecule has 3 aromatic heterocycles. The van der Waals surface area contributed by atoms with Crippen molar-refractivity contribution in [3.8, 4) is 0 Å². The molecule has 0 aromatic carbocycles. The second-order valence-electron chi connectivity index (χ2n) is 5.53. The lowest BCUT2D eigenvalue weighted by molar-refractivity contribution is 0.246. The van der Waals surface area contributed by atoms with Gasteiger partial charge in [0.25, 0.3) is 0 Å². The van der Waals surface area contributed by atoms with Gasteiger partial charge in [0.15, 0.2) is 17.9 Å². The van der Waals surface area contributed by atoms with Crippen LogP contribution in [0.1, 0.15) is 11.5 Å². The number of hydrogen-bond acceptors (Lipinski definition) is 6. The second kappa shape index (κ2) is 5.42. The van der Waals surface area contributed by atoms with E-state index in [1.807, 2.05) is 36.1 Å². The standard InChI is InChI=1S/C15H18N6O/c1-12-13(18-11-22-12)10-19-6-8-21(9-7-19)15-14-16-2-4-20(14)5-3-17-15/h2-5,11H,6-10H2,1H3. The summed E-state index contributed by atoms with van der Waals surface area (Å²) in [6, 6.07) is 0. The molecular weight excluding hydrogens is 280 g/mol. The van der Waals surface area contributed by atoms with Crippen molar-refractivity contribution in [2.24, 2.45) is 0 Å². The maximum absolute atomic E-state index is 5.27. The zero-order chi connectivity index (χ0) is 14.9. The number of nitrogens with zero attached hydrogens (tertiary/aromatic N) is 6. The van der Waals surface area contributed by atoms with Gasteiger partial charge in [-0.15, -0.1) is 0 Å². The van der Waals surface area contributed by atoms with Crippen LogP contribution in [0, 0.1) is 6.92 Å². The monoisotopic (exact) mass is 298 g/mol. The lowest BCUT2D eigenvalue weighted by Gasteiger charge is -2.35. The number of rotatable bonds is 3. The quantitative estimate of drug-likeness (QED) is 0.727. The fraction of sp³-hybridized carbons (Fsp3) is 0.400. The molecule has 3 aromatic rings. The van der Waals surface area contributed by atoms with Crippen molar-refractivity contribution in [3.05, 3.63) is 42.6 Å². The Balaban J connectivity index is 1.46. The number of aromatic nitrogens is 4. The van der Waals surface area contributed by atoms with Crippen LogP contribution >= 0.6 is 0 Å². The van der Waals surface area contributed by atoms with E-state index < -0.39 is 0 Å². The number of piperazine rings is 1. The van der Waals surface area contributed by atoms with Gasteiger partial charge in [-0.2, -0.15) is 0 Å². The summed E-state index contributed by atoms with van der Waals surface area (Å²) in [6.07, 6.45) is 9.03. The lowest BCUT2D eigenvalue weighted by Crippen LogP contribution is -2.46. The second-order valence-corrected chi connectivity index (χ2v) is 5.53. The zero-order valence-corrected chi connectivity index (χ0v) is 12.5. The normalized spacial score (nSPS) is 16.5. The van der Waals surface area contributed by atoms with Crippen LogP contribution in [0.25, 0.3) is 5.65 Å². The number of hydrogen-bond donors (Lipinski definition) is 0. The average molecular weight is 298 g/mol. The van der Waals surface area contributed by atoms with E-state index in [2.05, 4.69) is 24.8 Å². The number of oxazole rings is 1. The SMILES string of the molecule is Cc1ocnc1CN1CCN(c2nccn3ccnc23)CC1. The fourth-order valence-electron chi connectivity index (χ4n) is 2.87. The van der Waals surface area contributed by atoms with Gasteiger partial charge in [0.1, 0.15) is 5.76 Å². The molecule has 7 heteroatoms. The third-order valence-corrected chi connectivity index (χ3v) is 4.18. The summed E-state index contributed by atoms with van der Waals surface area (Å²) in [5.74, 6) is 1.87. The molecule has 22 heavy (non-hydrogen) atoms. The highest BCUT2D eigenvalue weighted by atomic mass is 16.3. The first-order chi connectivity index (χ1) is 10.8. The highest BCUT2D eigenvalue weighted by Gasteiger charge is 2.21. The molecule has 1 fully saturated rings. The van der Waals surface area contributed by atoms with Crippen LogP contribution in [0.4, 0.5) is 5.82 Å². The Labute approximate surface area is 128 Å². The predicted molar refractivity (Wildman–Crippen MR) is 81.7 cm³/mol. The number of aryl methyl sites for hydroxylation is 1. The highest BCUT2D eigenvalue weighted by Crippen LogP contribution is 2.19. The zero-order valence-electron chi connectivity index (χ0n) is 12.5. The summed E-state index contributed by atoms with van der Waals surface area (Å²) in [6.45, 7) is 6.65. The van der Waals surface area contributed by atoms with Gasteiger partial charge in [-0.25, -0.2) is 15.0 Å². The number of fused-ring (bicyclic) bond motifs is 1. The van der Waals surface area contributed by atoms with E-state index in [4.69, 9.17) is 4.42 Å². The maximum Gasteiger partial charge on any atom is 0.181 e. The maximum atomic E-state index is 5.27. The molecule has 0 amide bonds. The van der Waals surface area contributed by atoms with Gasteiger partial charge in [0.05, 0.1) is 5.69 Å². The Morgan fingerprint density at radius 2 is 1.82 bits per heavy atom. The Bertz CT molecular complexity index is 771. The van der Waals surface area contributed by atoms with Crippen LogP contribution < -0.4 is 4.90 Å². The Morgan fingerprint density at radius 1 is 1.05 bits per heavy atom. The largest absolute Gasteiger partial charge is 0.448 e. The van der Waals surface area contributed by atoms with E-state index in [9.17, 15) is 0 Å². The summed E-state index contributed by atoms with van der Waals surface area (Å²) >= 11 is 0. The first-order valence-corrected chi connectivity index (χ1v) is 7.45. The molecule has 0 N–H and O–H groups in total. The minimum Gasteiger partial charge on any atom is -0.448 e. The molecule has 1 aliphatic rings. The minimum atomic E-state index is 0.844. The van der Waals surface area contributed by atoms with Gasteiger partial charge < -0.3 is 13.7 Å². The van der Waals surface area contributed by atoms with Crippen molar-refractivity contribution in [1.82, 2.24) is 24.3 Å². The molecule has 0 saturated carbocycles. The van der Waals surface area contributed by atoms with Gasteiger partial charge in [-0.1, -0.05) is 0 Å². The van der Waals surface area contributed by atoms with Crippen molar-refractivity contribution in [3.63, 3.8) is 0 Å². The Hall–Kier alpha value is -2.41. The molecule has 0 aliphatic carbocycles. The molecule has 0 atom stereocenters. The van der Waals surface area contributed by atoms with Crippen LogP contribution in [-0.2, 0) is 6.54 Å². The smallest absolute Gasteiger partial charge is 0.181 e. The average Bonchev–Trinajstić information content (AvgIpc) is 3.17. The fourth-order valence-corrected chi connectivity index (χ4v) is 2.87. The van der Waals surface area contributed by atoms with Crippen LogP contribution in [0.15, 0.2) is 35.6 Å². The van der Waals surface area contributed by atoms with Crippen molar-refractivity contribution in [2.45, 2.75) is 13.5 Å². The minimum absolute atomic E-state index is 0.844. The predicted octanol–water partition coefficient (Wildman–Crippen LogP) is 1.35. The topological polar surface area (TPSA) is 62.7 Å². The van der Waals surface area contributed by atoms with Crippen molar-refractivity contribution < 1.29 is 4.42 Å². The van der Waals surface area contributed by atoms with E-state index >= 15 is 0 Å². The summed E-state index contributed by atoms with van der Waals surface area (Å²) in [5, 5.41) is 0. The Kier molecular flexibility index (Phi) is 3.27. The van der Waals surface area contributed by atoms with Crippen LogP contribution in [0.2, 0.25) is 0 Å². The molecule has 4 heterocycles. The molecule has 7 nitrogen and oxygen atoms in total. The van der Waals surface area contributed by atoms with Gasteiger partial charge in [-0.05, 0) is 6.92 Å². The van der Waals surface area contributed by atoms with Crippen LogP contribution in [0.5, 0.6) is 0 Å². The number of imidazole rings is 1. The highest BCUT2D eigenvalue weighted by molar-refractivity contribution is 5.64. The molecule has 0 spiro atoms. The molecule has 114 valence electrons. The lowest BCUT2D eigenvalue weighted by atomic mass is 10.2. The Morgan fingerprint density at radius 3 is 2.55 bits per heavy atom. The number of anilines is 1. The first-order valence-electron chi connectivity index (χ1n) is 7.45. The van der Waals surface area contributed by atoms with Crippen LogP contribution in [-0.4, -0.2) is 50.4 Å². The van der Waals surface area contributed by atoms with Crippen molar-refractivity contribution in [2.75, 3.05) is 31.1 Å². The summed E-state index contributed by atoms with van der Waals surface area (Å²) in [5.41, 5.74) is 1.95. The third-order valence-electron chi connectivity index (χ3n) is 4.18. The van der Waals surface area contributed by atoms with Crippen molar-refractivity contribution in [1.29, 1.82) is 0 Å².